The number of nitrogens with two attached hydrogens (primary N) is 1. The lowest BCUT2D eigenvalue weighted by atomic mass is 9.77. The molecule has 0 unspecified atom stereocenters. The highest BCUT2D eigenvalue weighted by atomic mass is 16.1. The standard InChI is InChI=1S/C19H24N2O/c1-12-5-6-15(18(20)22)10-16(12)21-13(2)9-14-7-8-19(3,4)11-17(14)21/h5-6,9-10H,7-8,11H2,1-4H3,(H2,20,22). The average molecular weight is 296 g/mol. The second-order valence-corrected chi connectivity index (χ2v) is 7.30. The lowest BCUT2D eigenvalue weighted by Crippen LogP contribution is -2.24. The molecular weight excluding hydrogens is 272 g/mol. The van der Waals surface area contributed by atoms with Gasteiger partial charge in [0, 0.05) is 22.6 Å². The molecule has 1 aliphatic carbocycles. The lowest BCUT2D eigenvalue weighted by Gasteiger charge is -2.31. The van der Waals surface area contributed by atoms with Crippen molar-refractivity contribution in [3.8, 4) is 5.69 Å². The van der Waals surface area contributed by atoms with E-state index in [-0.39, 0.29) is 5.91 Å². The van der Waals surface area contributed by atoms with Crippen LogP contribution in [-0.2, 0) is 12.8 Å². The van der Waals surface area contributed by atoms with Gasteiger partial charge in [-0.05, 0) is 67.9 Å². The number of hydrogen-bond donors (Lipinski definition) is 1. The van der Waals surface area contributed by atoms with Crippen LogP contribution in [0.1, 0.15) is 53.1 Å². The van der Waals surface area contributed by atoms with Crippen LogP contribution in [0.3, 0.4) is 0 Å². The van der Waals surface area contributed by atoms with Crippen molar-refractivity contribution in [1.29, 1.82) is 0 Å². The van der Waals surface area contributed by atoms with Gasteiger partial charge in [-0.1, -0.05) is 19.9 Å². The zero-order chi connectivity index (χ0) is 16.1. The number of hydrogen-bond acceptors (Lipinski definition) is 1. The number of benzene rings is 1. The van der Waals surface area contributed by atoms with Gasteiger partial charge in [0.15, 0.2) is 0 Å². The van der Waals surface area contributed by atoms with E-state index in [1.165, 1.54) is 23.4 Å². The molecule has 116 valence electrons. The maximum absolute atomic E-state index is 11.5. The van der Waals surface area contributed by atoms with Crippen LogP contribution in [0.2, 0.25) is 0 Å². The van der Waals surface area contributed by atoms with Crippen LogP contribution in [-0.4, -0.2) is 10.5 Å². The average Bonchev–Trinajstić information content (AvgIpc) is 2.73. The van der Waals surface area contributed by atoms with Crippen LogP contribution in [0.4, 0.5) is 0 Å². The molecular formula is C19H24N2O. The van der Waals surface area contributed by atoms with Crippen LogP contribution in [0.5, 0.6) is 0 Å². The van der Waals surface area contributed by atoms with E-state index in [4.69, 9.17) is 5.73 Å². The zero-order valence-corrected chi connectivity index (χ0v) is 13.9. The van der Waals surface area contributed by atoms with Gasteiger partial charge in [0.1, 0.15) is 0 Å². The summed E-state index contributed by atoms with van der Waals surface area (Å²) in [6, 6.07) is 8.00. The summed E-state index contributed by atoms with van der Waals surface area (Å²) in [5.74, 6) is -0.375. The maximum Gasteiger partial charge on any atom is 0.248 e. The molecule has 2 aromatic rings. The molecule has 3 rings (SSSR count). The third kappa shape index (κ3) is 2.45. The molecule has 0 fully saturated rings. The summed E-state index contributed by atoms with van der Waals surface area (Å²) in [4.78, 5) is 11.5. The minimum Gasteiger partial charge on any atom is -0.366 e. The predicted octanol–water partition coefficient (Wildman–Crippen LogP) is 3.71. The van der Waals surface area contributed by atoms with Gasteiger partial charge in [-0.3, -0.25) is 4.79 Å². The van der Waals surface area contributed by atoms with Crippen molar-refractivity contribution in [3.63, 3.8) is 0 Å². The Labute approximate surface area is 132 Å². The molecule has 0 atom stereocenters. The van der Waals surface area contributed by atoms with Crippen LogP contribution < -0.4 is 5.73 Å². The summed E-state index contributed by atoms with van der Waals surface area (Å²) < 4.78 is 2.32. The lowest BCUT2D eigenvalue weighted by molar-refractivity contribution is 0.1000. The zero-order valence-electron chi connectivity index (χ0n) is 13.9. The van der Waals surface area contributed by atoms with Gasteiger partial charge in [0.25, 0.3) is 0 Å². The number of primary amides is 1. The first kappa shape index (κ1) is 14.9. The number of nitrogens with zero attached hydrogens (tertiary/aromatic N) is 1. The number of carbonyl (C=O) groups excluding carboxylic acids is 1. The number of aryl methyl sites for hydroxylation is 3. The Morgan fingerprint density at radius 1 is 1.23 bits per heavy atom. The molecule has 0 saturated carbocycles. The van der Waals surface area contributed by atoms with Crippen LogP contribution in [0, 0.1) is 19.3 Å². The molecule has 1 heterocycles. The second kappa shape index (κ2) is 5.01. The first-order valence-corrected chi connectivity index (χ1v) is 7.89. The highest BCUT2D eigenvalue weighted by molar-refractivity contribution is 5.93. The number of rotatable bonds is 2. The fourth-order valence-corrected chi connectivity index (χ4v) is 3.52. The van der Waals surface area contributed by atoms with Gasteiger partial charge < -0.3 is 10.3 Å². The third-order valence-corrected chi connectivity index (χ3v) is 4.83. The third-order valence-electron chi connectivity index (χ3n) is 4.83. The molecule has 0 spiro atoms. The normalized spacial score (nSPS) is 16.4. The smallest absolute Gasteiger partial charge is 0.248 e. The van der Waals surface area contributed by atoms with E-state index in [0.29, 0.717) is 11.0 Å². The fourth-order valence-electron chi connectivity index (χ4n) is 3.52. The van der Waals surface area contributed by atoms with E-state index in [2.05, 4.69) is 38.3 Å². The molecule has 1 aromatic heterocycles. The molecule has 2 N–H and O–H groups in total. The van der Waals surface area contributed by atoms with E-state index in [1.54, 1.807) is 6.07 Å². The van der Waals surface area contributed by atoms with E-state index in [1.807, 2.05) is 12.1 Å². The largest absolute Gasteiger partial charge is 0.366 e. The Bertz CT molecular complexity index is 753. The van der Waals surface area contributed by atoms with Gasteiger partial charge >= 0.3 is 0 Å². The van der Waals surface area contributed by atoms with Gasteiger partial charge in [-0.25, -0.2) is 0 Å². The predicted molar refractivity (Wildman–Crippen MR) is 89.6 cm³/mol. The molecule has 0 saturated heterocycles. The molecule has 0 aliphatic heterocycles. The van der Waals surface area contributed by atoms with Gasteiger partial charge in [0.05, 0.1) is 0 Å². The van der Waals surface area contributed by atoms with Crippen LogP contribution in [0.25, 0.3) is 5.69 Å². The molecule has 3 nitrogen and oxygen atoms in total. The number of aromatic nitrogens is 1. The summed E-state index contributed by atoms with van der Waals surface area (Å²) in [6.07, 6.45) is 3.42. The molecule has 1 aliphatic rings. The van der Waals surface area contributed by atoms with Crippen molar-refractivity contribution in [2.45, 2.75) is 47.0 Å². The Hall–Kier alpha value is -2.03. The van der Waals surface area contributed by atoms with Crippen molar-refractivity contribution in [2.24, 2.45) is 11.1 Å². The van der Waals surface area contributed by atoms with E-state index in [0.717, 1.165) is 24.1 Å². The second-order valence-electron chi connectivity index (χ2n) is 7.30. The van der Waals surface area contributed by atoms with Gasteiger partial charge in [-0.15, -0.1) is 0 Å². The number of carbonyl (C=O) groups is 1. The Morgan fingerprint density at radius 2 is 1.95 bits per heavy atom. The Morgan fingerprint density at radius 3 is 2.64 bits per heavy atom. The first-order chi connectivity index (χ1) is 10.3. The molecule has 1 amide bonds. The first-order valence-electron chi connectivity index (χ1n) is 7.89. The monoisotopic (exact) mass is 296 g/mol. The summed E-state index contributed by atoms with van der Waals surface area (Å²) in [5, 5.41) is 0. The molecule has 0 radical (unpaired) electrons. The quantitative estimate of drug-likeness (QED) is 0.902. The minimum atomic E-state index is -0.375. The van der Waals surface area contributed by atoms with Crippen molar-refractivity contribution < 1.29 is 4.79 Å². The highest BCUT2D eigenvalue weighted by Crippen LogP contribution is 2.38. The van der Waals surface area contributed by atoms with E-state index >= 15 is 0 Å². The summed E-state index contributed by atoms with van der Waals surface area (Å²) in [5.41, 5.74) is 12.6. The summed E-state index contributed by atoms with van der Waals surface area (Å²) in [7, 11) is 0. The number of fused-ring (bicyclic) bond motifs is 1. The molecule has 1 aromatic carbocycles. The maximum atomic E-state index is 11.5. The van der Waals surface area contributed by atoms with Crippen molar-refractivity contribution in [3.05, 3.63) is 52.3 Å². The topological polar surface area (TPSA) is 48.0 Å². The van der Waals surface area contributed by atoms with Gasteiger partial charge in [0.2, 0.25) is 5.91 Å². The highest BCUT2D eigenvalue weighted by Gasteiger charge is 2.29. The number of amides is 1. The van der Waals surface area contributed by atoms with Crippen molar-refractivity contribution in [2.75, 3.05) is 0 Å². The molecule has 3 heteroatoms. The summed E-state index contributed by atoms with van der Waals surface area (Å²) >= 11 is 0. The summed E-state index contributed by atoms with van der Waals surface area (Å²) in [6.45, 7) is 8.88. The van der Waals surface area contributed by atoms with E-state index < -0.39 is 0 Å². The SMILES string of the molecule is Cc1ccc(C(N)=O)cc1-n1c(C)cc2c1CC(C)(C)CC2. The Balaban J connectivity index is 2.20. The van der Waals surface area contributed by atoms with Crippen molar-refractivity contribution >= 4 is 5.91 Å². The molecule has 22 heavy (non-hydrogen) atoms. The van der Waals surface area contributed by atoms with E-state index in [9.17, 15) is 4.79 Å². The fraction of sp³-hybridized carbons (Fsp3) is 0.421. The van der Waals surface area contributed by atoms with Crippen molar-refractivity contribution in [1.82, 2.24) is 4.57 Å². The Kier molecular flexibility index (Phi) is 3.39. The van der Waals surface area contributed by atoms with Gasteiger partial charge in [-0.2, -0.15) is 0 Å². The van der Waals surface area contributed by atoms with Crippen LogP contribution >= 0.6 is 0 Å². The molecule has 0 bridgehead atoms. The van der Waals surface area contributed by atoms with Crippen LogP contribution in [0.15, 0.2) is 24.3 Å². The minimum absolute atomic E-state index is 0.324.